The number of cyclic esters (lactones) is 1. The fraction of sp³-hybridized carbons (Fsp3) is 0.395. The number of anilines is 1. The van der Waals surface area contributed by atoms with Gasteiger partial charge >= 0.3 is 18.4 Å². The number of amides is 2. The van der Waals surface area contributed by atoms with Crippen LogP contribution in [0.2, 0.25) is 0 Å². The number of rotatable bonds is 13. The number of imide groups is 1. The summed E-state index contributed by atoms with van der Waals surface area (Å²) in [4.78, 5) is 35.6. The Balaban J connectivity index is 1.02. The SMILES string of the molecule is COc1ccc(CCC2OC(=O)N(CCCN3CCN(c4ccccc4)CC3)C2=O)cc1OCc1nc(-c2cc(C(F)(F)F)cc(C(F)(F)F)c2)oc1C. The van der Waals surface area contributed by atoms with Crippen molar-refractivity contribution in [2.45, 2.75) is 51.2 Å². The zero-order chi connectivity index (χ0) is 38.6. The lowest BCUT2D eigenvalue weighted by Crippen LogP contribution is -2.47. The number of ether oxygens (including phenoxy) is 3. The molecule has 1 atom stereocenters. The number of aromatic nitrogens is 1. The molecule has 2 aliphatic rings. The largest absolute Gasteiger partial charge is 0.493 e. The van der Waals surface area contributed by atoms with E-state index in [4.69, 9.17) is 18.6 Å². The van der Waals surface area contributed by atoms with Crippen molar-refractivity contribution in [1.82, 2.24) is 14.8 Å². The zero-order valence-corrected chi connectivity index (χ0v) is 29.5. The van der Waals surface area contributed by atoms with Crippen LogP contribution in [0.1, 0.15) is 41.0 Å². The molecule has 288 valence electrons. The van der Waals surface area contributed by atoms with Gasteiger partial charge in [0, 0.05) is 44.0 Å². The molecule has 10 nitrogen and oxygen atoms in total. The van der Waals surface area contributed by atoms with Crippen LogP contribution < -0.4 is 14.4 Å². The van der Waals surface area contributed by atoms with E-state index < -0.39 is 47.1 Å². The Morgan fingerprint density at radius 3 is 2.19 bits per heavy atom. The first-order valence-electron chi connectivity index (χ1n) is 17.3. The molecular formula is C38H38F6N4O6. The Bertz CT molecular complexity index is 1910. The highest BCUT2D eigenvalue weighted by molar-refractivity contribution is 6.00. The maximum absolute atomic E-state index is 13.4. The van der Waals surface area contributed by atoms with Crippen LogP contribution in [0, 0.1) is 6.92 Å². The summed E-state index contributed by atoms with van der Waals surface area (Å²) in [7, 11) is 1.42. The lowest BCUT2D eigenvalue weighted by molar-refractivity contribution is -0.143. The van der Waals surface area contributed by atoms with Crippen molar-refractivity contribution in [3.8, 4) is 23.0 Å². The Morgan fingerprint density at radius 1 is 0.852 bits per heavy atom. The maximum Gasteiger partial charge on any atom is 0.417 e. The van der Waals surface area contributed by atoms with Gasteiger partial charge in [0.05, 0.1) is 18.2 Å². The minimum Gasteiger partial charge on any atom is -0.493 e. The van der Waals surface area contributed by atoms with Crippen molar-refractivity contribution in [3.05, 3.63) is 94.9 Å². The molecule has 54 heavy (non-hydrogen) atoms. The Labute approximate surface area is 307 Å². The first-order valence-corrected chi connectivity index (χ1v) is 17.3. The molecule has 2 aliphatic heterocycles. The van der Waals surface area contributed by atoms with Crippen molar-refractivity contribution in [2.24, 2.45) is 0 Å². The smallest absolute Gasteiger partial charge is 0.417 e. The van der Waals surface area contributed by atoms with Crippen LogP contribution in [-0.2, 0) is 34.9 Å². The van der Waals surface area contributed by atoms with E-state index in [0.717, 1.165) is 43.2 Å². The van der Waals surface area contributed by atoms with Crippen molar-refractivity contribution in [1.29, 1.82) is 0 Å². The molecule has 1 aromatic heterocycles. The summed E-state index contributed by atoms with van der Waals surface area (Å²) in [6.45, 7) is 5.77. The van der Waals surface area contributed by atoms with Crippen LogP contribution in [0.25, 0.3) is 11.5 Å². The van der Waals surface area contributed by atoms with Crippen LogP contribution in [0.5, 0.6) is 11.5 Å². The number of aryl methyl sites for hydroxylation is 2. The molecule has 16 heteroatoms. The van der Waals surface area contributed by atoms with Crippen molar-refractivity contribution in [3.63, 3.8) is 0 Å². The minimum absolute atomic E-state index is 0.0299. The molecule has 2 saturated heterocycles. The van der Waals surface area contributed by atoms with E-state index in [1.807, 2.05) is 18.2 Å². The molecule has 3 aromatic carbocycles. The number of para-hydroxylation sites is 1. The van der Waals surface area contributed by atoms with Gasteiger partial charge in [0.1, 0.15) is 18.1 Å². The van der Waals surface area contributed by atoms with Gasteiger partial charge in [-0.2, -0.15) is 26.3 Å². The molecule has 0 radical (unpaired) electrons. The quantitative estimate of drug-likeness (QED) is 0.127. The molecule has 0 aliphatic carbocycles. The van der Waals surface area contributed by atoms with Crippen molar-refractivity contribution < 1.29 is 54.6 Å². The number of carbonyl (C=O) groups is 2. The Kier molecular flexibility index (Phi) is 11.4. The van der Waals surface area contributed by atoms with E-state index in [9.17, 15) is 35.9 Å². The van der Waals surface area contributed by atoms with Crippen LogP contribution in [-0.4, -0.2) is 79.3 Å². The van der Waals surface area contributed by atoms with Crippen LogP contribution in [0.3, 0.4) is 0 Å². The molecule has 0 saturated carbocycles. The second kappa shape index (κ2) is 16.0. The third kappa shape index (κ3) is 9.09. The van der Waals surface area contributed by atoms with E-state index >= 15 is 0 Å². The number of methoxy groups -OCH3 is 1. The maximum atomic E-state index is 13.4. The van der Waals surface area contributed by atoms with Gasteiger partial charge in [-0.05, 0) is 80.8 Å². The summed E-state index contributed by atoms with van der Waals surface area (Å²) in [5.74, 6) is -0.0979. The van der Waals surface area contributed by atoms with Crippen LogP contribution in [0.4, 0.5) is 36.8 Å². The van der Waals surface area contributed by atoms with Gasteiger partial charge in [-0.1, -0.05) is 24.3 Å². The van der Waals surface area contributed by atoms with Gasteiger partial charge in [-0.25, -0.2) is 14.7 Å². The van der Waals surface area contributed by atoms with E-state index in [2.05, 4.69) is 26.9 Å². The molecule has 1 unspecified atom stereocenters. The minimum atomic E-state index is -5.03. The number of oxazole rings is 1. The van der Waals surface area contributed by atoms with Gasteiger partial charge in [-0.3, -0.25) is 9.69 Å². The number of halogens is 6. The van der Waals surface area contributed by atoms with Gasteiger partial charge in [0.15, 0.2) is 17.6 Å². The Hall–Kier alpha value is -5.25. The zero-order valence-electron chi connectivity index (χ0n) is 29.5. The molecule has 0 spiro atoms. The highest BCUT2D eigenvalue weighted by Crippen LogP contribution is 2.39. The summed E-state index contributed by atoms with van der Waals surface area (Å²) in [5, 5.41) is 0. The molecule has 2 amide bonds. The first-order chi connectivity index (χ1) is 25.7. The molecule has 0 bridgehead atoms. The summed E-state index contributed by atoms with van der Waals surface area (Å²) in [6, 6.07) is 16.4. The van der Waals surface area contributed by atoms with Crippen molar-refractivity contribution >= 4 is 17.7 Å². The predicted molar refractivity (Wildman–Crippen MR) is 184 cm³/mol. The molecule has 0 N–H and O–H groups in total. The topological polar surface area (TPSA) is 97.6 Å². The van der Waals surface area contributed by atoms with E-state index in [1.165, 1.54) is 19.7 Å². The van der Waals surface area contributed by atoms with E-state index in [0.29, 0.717) is 30.7 Å². The highest BCUT2D eigenvalue weighted by Gasteiger charge is 2.40. The van der Waals surface area contributed by atoms with Gasteiger partial charge in [-0.15, -0.1) is 0 Å². The van der Waals surface area contributed by atoms with E-state index in [-0.39, 0.29) is 48.7 Å². The highest BCUT2D eigenvalue weighted by atomic mass is 19.4. The monoisotopic (exact) mass is 760 g/mol. The van der Waals surface area contributed by atoms with Crippen LogP contribution >= 0.6 is 0 Å². The molecule has 2 fully saturated rings. The van der Waals surface area contributed by atoms with Gasteiger partial charge in [0.25, 0.3) is 5.91 Å². The molecule has 4 aromatic rings. The average molecular weight is 761 g/mol. The predicted octanol–water partition coefficient (Wildman–Crippen LogP) is 7.77. The number of hydrogen-bond acceptors (Lipinski definition) is 9. The number of nitrogens with zero attached hydrogens (tertiary/aromatic N) is 4. The second-order valence-corrected chi connectivity index (χ2v) is 13.0. The third-order valence-electron chi connectivity index (χ3n) is 9.37. The fourth-order valence-corrected chi connectivity index (χ4v) is 6.40. The number of benzene rings is 3. The number of alkyl halides is 6. The lowest BCUT2D eigenvalue weighted by atomic mass is 10.0. The number of carbonyl (C=O) groups excluding carboxylic acids is 2. The van der Waals surface area contributed by atoms with E-state index in [1.54, 1.807) is 18.2 Å². The Morgan fingerprint density at radius 2 is 1.54 bits per heavy atom. The normalized spacial score (nSPS) is 16.9. The third-order valence-corrected chi connectivity index (χ3v) is 9.37. The number of piperazine rings is 1. The number of hydrogen-bond donors (Lipinski definition) is 0. The second-order valence-electron chi connectivity index (χ2n) is 13.0. The van der Waals surface area contributed by atoms with Gasteiger partial charge in [0.2, 0.25) is 5.89 Å². The summed E-state index contributed by atoms with van der Waals surface area (Å²) in [5.41, 5.74) is -1.42. The molecular weight excluding hydrogens is 722 g/mol. The summed E-state index contributed by atoms with van der Waals surface area (Å²) >= 11 is 0. The fourth-order valence-electron chi connectivity index (χ4n) is 6.40. The van der Waals surface area contributed by atoms with Gasteiger partial charge < -0.3 is 23.5 Å². The standard InChI is InChI=1S/C38H38F6N4O6/c1-24-30(45-34(53-24)26-20-27(37(39,40)41)22-28(21-26)38(42,43)44)23-52-33-19-25(9-11-31(33)51-2)10-12-32-35(49)48(36(50)54-32)14-6-13-46-15-17-47(18-16-46)29-7-4-3-5-8-29/h3-5,7-9,11,19-22,32H,6,10,12-18,23H2,1-2H3. The molecule has 3 heterocycles. The lowest BCUT2D eigenvalue weighted by Gasteiger charge is -2.36. The summed E-state index contributed by atoms with van der Waals surface area (Å²) in [6.07, 6.45) is -10.5. The van der Waals surface area contributed by atoms with Crippen LogP contribution in [0.15, 0.2) is 71.1 Å². The van der Waals surface area contributed by atoms with Crippen molar-refractivity contribution in [2.75, 3.05) is 51.3 Å². The average Bonchev–Trinajstić information content (AvgIpc) is 3.66. The first kappa shape index (κ1) is 38.5. The summed E-state index contributed by atoms with van der Waals surface area (Å²) < 4.78 is 103. The molecule has 6 rings (SSSR count).